The quantitative estimate of drug-likeness (QED) is 0.0389. The van der Waals surface area contributed by atoms with Crippen LogP contribution < -0.4 is 37.2 Å². The van der Waals surface area contributed by atoms with Gasteiger partial charge in [-0.2, -0.15) is 0 Å². The molecule has 26 heteroatoms. The number of carbonyl (C=O) groups is 11. The highest BCUT2D eigenvalue weighted by Crippen LogP contribution is 2.14. The molecule has 454 valence electrons. The van der Waals surface area contributed by atoms with Crippen LogP contribution in [0.5, 0.6) is 0 Å². The van der Waals surface area contributed by atoms with Gasteiger partial charge in [0.15, 0.2) is 0 Å². The number of hydrogen-bond donors (Lipinski definition) is 11. The number of hydrogen-bond acceptors (Lipinski definition) is 16. The minimum absolute atomic E-state index is 0.0129. The first-order valence-corrected chi connectivity index (χ1v) is 27.9. The second-order valence-electron chi connectivity index (χ2n) is 19.2. The second kappa shape index (κ2) is 49.2. The van der Waals surface area contributed by atoms with Crippen molar-refractivity contribution in [2.75, 3.05) is 79.5 Å². The van der Waals surface area contributed by atoms with Crippen molar-refractivity contribution in [3.05, 3.63) is 0 Å². The molecule has 0 aromatic rings. The van der Waals surface area contributed by atoms with E-state index < -0.39 is 78.1 Å². The molecule has 0 radical (unpaired) electrons. The van der Waals surface area contributed by atoms with Crippen molar-refractivity contribution < 1.29 is 92.1 Å². The third-order valence-electron chi connectivity index (χ3n) is 12.4. The maximum atomic E-state index is 12.5. The average molecular weight is 1130 g/mol. The van der Waals surface area contributed by atoms with Gasteiger partial charge in [-0.15, -0.1) is 0 Å². The number of Topliss-reactive ketones (excluding diaryl/α,β-unsaturated/α-hetero) is 1. The second-order valence-corrected chi connectivity index (χ2v) is 19.2. The zero-order valence-electron chi connectivity index (χ0n) is 46.7. The Morgan fingerprint density at radius 1 is 0.342 bits per heavy atom. The number of carboxylic acid groups (broad SMARTS) is 4. The molecule has 4 atom stereocenters. The number of aliphatic carboxylic acids is 4. The van der Waals surface area contributed by atoms with E-state index >= 15 is 0 Å². The summed E-state index contributed by atoms with van der Waals surface area (Å²) < 4.78 is 21.2. The molecule has 6 amide bonds. The zero-order chi connectivity index (χ0) is 58.9. The highest BCUT2D eigenvalue weighted by atomic mass is 16.5. The van der Waals surface area contributed by atoms with Gasteiger partial charge in [0.1, 0.15) is 37.1 Å². The smallest absolute Gasteiger partial charge is 0.326 e. The van der Waals surface area contributed by atoms with Crippen LogP contribution in [0.25, 0.3) is 0 Å². The van der Waals surface area contributed by atoms with Gasteiger partial charge in [0.25, 0.3) is 0 Å². The average Bonchev–Trinajstić information content (AvgIpc) is 3.39. The summed E-state index contributed by atoms with van der Waals surface area (Å²) in [6, 6.07) is -4.27. The third-order valence-corrected chi connectivity index (χ3v) is 12.4. The Morgan fingerprint density at radius 3 is 1.11 bits per heavy atom. The van der Waals surface area contributed by atoms with Gasteiger partial charge in [-0.3, -0.25) is 38.4 Å². The Bertz CT molecular complexity index is 1790. The third kappa shape index (κ3) is 45.7. The van der Waals surface area contributed by atoms with Crippen molar-refractivity contribution in [1.82, 2.24) is 37.2 Å². The SMILES string of the molecule is CN[C@@H](CCCCNC(=O)CC[C@H](NC(=O)COCCOCCNC(=O)COCCOCCNC(=O)CC[C@H](NC(=O)CC[C@H](NC(=O)CCCCCCCCCCCCCCCCC(=O)O)C(=O)O)C(=O)O)C(=O)O)C(C)=O. The van der Waals surface area contributed by atoms with Crippen molar-refractivity contribution in [1.29, 1.82) is 0 Å². The summed E-state index contributed by atoms with van der Waals surface area (Å²) in [6.07, 6.45) is 15.5. The van der Waals surface area contributed by atoms with Crippen LogP contribution in [0.4, 0.5) is 0 Å². The number of ketones is 1. The predicted octanol–water partition coefficient (Wildman–Crippen LogP) is 2.12. The Balaban J connectivity index is 4.01. The molecule has 0 aromatic heterocycles. The molecule has 0 aromatic carbocycles. The van der Waals surface area contributed by atoms with Crippen LogP contribution in [0.2, 0.25) is 0 Å². The molecular weight excluding hydrogens is 1040 g/mol. The Labute approximate surface area is 464 Å². The van der Waals surface area contributed by atoms with Gasteiger partial charge >= 0.3 is 23.9 Å². The lowest BCUT2D eigenvalue weighted by Crippen LogP contribution is -2.44. The maximum Gasteiger partial charge on any atom is 0.326 e. The van der Waals surface area contributed by atoms with E-state index in [0.29, 0.717) is 25.8 Å². The standard InChI is InChI=1S/C53H93N7O19/c1-39(61)40(54-2)19-17-18-28-55-44(62)25-23-43(53(74)75)60-49(67)38-79-36-34-77-32-30-57-48(66)37-78-35-33-76-31-29-56-45(63)26-22-41(51(70)71)59-47(65)27-24-42(52(72)73)58-46(64)20-15-13-11-9-7-5-3-4-6-8-10-12-14-16-21-50(68)69/h40-43,54H,3-38H2,1-2H3,(H,55,62)(H,56,63)(H,57,66)(H,58,64)(H,59,65)(H,60,67)(H,68,69)(H,70,71)(H,72,73)(H,74,75)/t40-,41-,42-,43-/m0/s1. The molecule has 0 bridgehead atoms. The summed E-state index contributed by atoms with van der Waals surface area (Å²) in [6.45, 7) is 1.93. The summed E-state index contributed by atoms with van der Waals surface area (Å²) in [5.41, 5.74) is 0. The van der Waals surface area contributed by atoms with Crippen LogP contribution in [-0.4, -0.2) is 189 Å². The minimum Gasteiger partial charge on any atom is -0.481 e. The van der Waals surface area contributed by atoms with E-state index in [0.717, 1.165) is 64.2 Å². The summed E-state index contributed by atoms with van der Waals surface area (Å²) >= 11 is 0. The van der Waals surface area contributed by atoms with E-state index in [2.05, 4.69) is 37.2 Å². The van der Waals surface area contributed by atoms with Gasteiger partial charge in [0, 0.05) is 51.7 Å². The summed E-state index contributed by atoms with van der Waals surface area (Å²) in [5, 5.41) is 55.2. The van der Waals surface area contributed by atoms with Crippen LogP contribution in [0, 0.1) is 0 Å². The van der Waals surface area contributed by atoms with Gasteiger partial charge in [0.05, 0.1) is 45.7 Å². The fourth-order valence-electron chi connectivity index (χ4n) is 7.83. The van der Waals surface area contributed by atoms with Gasteiger partial charge in [-0.25, -0.2) is 14.4 Å². The van der Waals surface area contributed by atoms with Gasteiger partial charge in [-0.05, 0) is 65.3 Å². The monoisotopic (exact) mass is 1130 g/mol. The highest BCUT2D eigenvalue weighted by molar-refractivity contribution is 5.87. The van der Waals surface area contributed by atoms with E-state index in [1.54, 1.807) is 7.05 Å². The van der Waals surface area contributed by atoms with Crippen molar-refractivity contribution in [3.8, 4) is 0 Å². The topological polar surface area (TPSA) is 390 Å². The normalized spacial score (nSPS) is 12.5. The summed E-state index contributed by atoms with van der Waals surface area (Å²) in [7, 11) is 1.71. The number of amides is 6. The Kier molecular flexibility index (Phi) is 45.6. The molecule has 11 N–H and O–H groups in total. The highest BCUT2D eigenvalue weighted by Gasteiger charge is 2.25. The molecular formula is C53H93N7O19. The molecule has 0 saturated heterocycles. The van der Waals surface area contributed by atoms with Gasteiger partial charge < -0.3 is 76.6 Å². The van der Waals surface area contributed by atoms with Gasteiger partial charge in [-0.1, -0.05) is 77.0 Å². The number of likely N-dealkylation sites (N-methyl/N-ethyl adjacent to an activating group) is 1. The van der Waals surface area contributed by atoms with E-state index in [4.69, 9.17) is 24.1 Å². The fraction of sp³-hybridized carbons (Fsp3) is 0.792. The number of unbranched alkanes of at least 4 members (excludes halogenated alkanes) is 14. The molecule has 0 aliphatic heterocycles. The van der Waals surface area contributed by atoms with Crippen LogP contribution in [0.15, 0.2) is 0 Å². The van der Waals surface area contributed by atoms with Crippen LogP contribution in [-0.2, 0) is 71.7 Å². The first kappa shape index (κ1) is 73.2. The van der Waals surface area contributed by atoms with Crippen molar-refractivity contribution in [3.63, 3.8) is 0 Å². The number of carboxylic acids is 4. The van der Waals surface area contributed by atoms with Crippen molar-refractivity contribution >= 4 is 65.1 Å². The molecule has 0 fully saturated rings. The lowest BCUT2D eigenvalue weighted by molar-refractivity contribution is -0.143. The number of ether oxygens (including phenoxy) is 4. The molecule has 79 heavy (non-hydrogen) atoms. The number of carbonyl (C=O) groups excluding carboxylic acids is 7. The Morgan fingerprint density at radius 2 is 0.696 bits per heavy atom. The van der Waals surface area contributed by atoms with Crippen LogP contribution in [0.3, 0.4) is 0 Å². The Hall–Kier alpha value is -5.83. The maximum absolute atomic E-state index is 12.5. The van der Waals surface area contributed by atoms with E-state index in [9.17, 15) is 68.1 Å². The zero-order valence-corrected chi connectivity index (χ0v) is 46.7. The molecule has 0 unspecified atom stereocenters. The minimum atomic E-state index is -1.41. The lowest BCUT2D eigenvalue weighted by atomic mass is 10.0. The van der Waals surface area contributed by atoms with Crippen molar-refractivity contribution in [2.24, 2.45) is 0 Å². The fourth-order valence-corrected chi connectivity index (χ4v) is 7.83. The largest absolute Gasteiger partial charge is 0.481 e. The van der Waals surface area contributed by atoms with Crippen LogP contribution >= 0.6 is 0 Å². The molecule has 26 nitrogen and oxygen atoms in total. The molecule has 0 spiro atoms. The predicted molar refractivity (Wildman–Crippen MR) is 288 cm³/mol. The summed E-state index contributed by atoms with van der Waals surface area (Å²) in [4.78, 5) is 131. The summed E-state index contributed by atoms with van der Waals surface area (Å²) in [5.74, 6) is -7.83. The van der Waals surface area contributed by atoms with Crippen LogP contribution in [0.1, 0.15) is 167 Å². The van der Waals surface area contributed by atoms with E-state index in [1.807, 2.05) is 0 Å². The van der Waals surface area contributed by atoms with Gasteiger partial charge in [0.2, 0.25) is 35.4 Å². The van der Waals surface area contributed by atoms with Crippen molar-refractivity contribution in [2.45, 2.75) is 192 Å². The van der Waals surface area contributed by atoms with E-state index in [-0.39, 0.29) is 128 Å². The molecule has 0 aliphatic carbocycles. The molecule has 0 rings (SSSR count). The first-order chi connectivity index (χ1) is 37.9. The molecule has 0 heterocycles. The molecule has 0 aliphatic rings. The molecule has 0 saturated carbocycles. The first-order valence-electron chi connectivity index (χ1n) is 27.9. The lowest BCUT2D eigenvalue weighted by Gasteiger charge is -2.17. The number of nitrogens with one attached hydrogen (secondary N) is 7. The number of rotatable bonds is 55. The van der Waals surface area contributed by atoms with E-state index in [1.165, 1.54) is 32.6 Å².